The first kappa shape index (κ1) is 23.5. The quantitative estimate of drug-likeness (QED) is 0.433. The third-order valence-electron chi connectivity index (χ3n) is 4.05. The van der Waals surface area contributed by atoms with E-state index < -0.39 is 35.0 Å². The van der Waals surface area contributed by atoms with E-state index in [0.717, 1.165) is 10.5 Å². The van der Waals surface area contributed by atoms with Crippen molar-refractivity contribution in [2.75, 3.05) is 25.5 Å². The molecular formula is C21H20BrF3N2O3. The molecule has 2 rings (SSSR count). The highest BCUT2D eigenvalue weighted by Crippen LogP contribution is 2.24. The van der Waals surface area contributed by atoms with Gasteiger partial charge < -0.3 is 15.0 Å². The number of hydrogen-bond donors (Lipinski definition) is 1. The monoisotopic (exact) mass is 484 g/mol. The number of nitrogens with one attached hydrogen (secondary N) is 1. The number of carbonyl (C=O) groups is 2. The van der Waals surface area contributed by atoms with Crippen LogP contribution in [0, 0.1) is 17.5 Å². The number of anilines is 1. The van der Waals surface area contributed by atoms with Crippen LogP contribution in [0.4, 0.5) is 18.9 Å². The molecule has 2 amide bonds. The van der Waals surface area contributed by atoms with Gasteiger partial charge in [0.05, 0.1) is 12.8 Å². The molecule has 0 bridgehead atoms. The van der Waals surface area contributed by atoms with Crippen molar-refractivity contribution in [3.05, 3.63) is 63.9 Å². The van der Waals surface area contributed by atoms with Crippen molar-refractivity contribution in [1.82, 2.24) is 4.90 Å². The van der Waals surface area contributed by atoms with Crippen molar-refractivity contribution >= 4 is 39.5 Å². The lowest BCUT2D eigenvalue weighted by molar-refractivity contribution is -0.130. The summed E-state index contributed by atoms with van der Waals surface area (Å²) in [7, 11) is 1.51. The van der Waals surface area contributed by atoms with Crippen LogP contribution >= 0.6 is 15.9 Å². The van der Waals surface area contributed by atoms with Crippen LogP contribution in [0.3, 0.4) is 0 Å². The molecule has 2 aromatic carbocycles. The zero-order chi connectivity index (χ0) is 22.3. The average Bonchev–Trinajstić information content (AvgIpc) is 2.72. The molecule has 1 N–H and O–H groups in total. The Morgan fingerprint density at radius 3 is 2.57 bits per heavy atom. The van der Waals surface area contributed by atoms with Gasteiger partial charge in [0.1, 0.15) is 12.3 Å². The second kappa shape index (κ2) is 10.8. The predicted octanol–water partition coefficient (Wildman–Crippen LogP) is 4.77. The molecule has 0 aromatic heterocycles. The number of rotatable bonds is 8. The summed E-state index contributed by atoms with van der Waals surface area (Å²) in [6.45, 7) is 1.71. The lowest BCUT2D eigenvalue weighted by Gasteiger charge is -2.20. The standard InChI is InChI=1S/C21H20BrF3N2O3/c1-3-10-27(12-18(28)26-16-7-6-15(23)20(24)21(16)25)19(29)9-4-13-11-14(22)5-8-17(13)30-2/h4-9,11H,3,10,12H2,1-2H3,(H,26,28)/b9-4+. The summed E-state index contributed by atoms with van der Waals surface area (Å²) >= 11 is 3.35. The van der Waals surface area contributed by atoms with Gasteiger partial charge in [0, 0.05) is 22.7 Å². The van der Waals surface area contributed by atoms with E-state index >= 15 is 0 Å². The summed E-state index contributed by atoms with van der Waals surface area (Å²) < 4.78 is 46.1. The molecule has 160 valence electrons. The maximum Gasteiger partial charge on any atom is 0.247 e. The van der Waals surface area contributed by atoms with Gasteiger partial charge in [0.2, 0.25) is 11.8 Å². The van der Waals surface area contributed by atoms with E-state index in [1.807, 2.05) is 6.92 Å². The Labute approximate surface area is 180 Å². The van der Waals surface area contributed by atoms with Crippen molar-refractivity contribution in [1.29, 1.82) is 0 Å². The summed E-state index contributed by atoms with van der Waals surface area (Å²) in [5.41, 5.74) is 0.155. The van der Waals surface area contributed by atoms with Crippen LogP contribution in [-0.2, 0) is 9.59 Å². The number of ether oxygens (including phenoxy) is 1. The predicted molar refractivity (Wildman–Crippen MR) is 112 cm³/mol. The number of carbonyl (C=O) groups excluding carboxylic acids is 2. The zero-order valence-electron chi connectivity index (χ0n) is 16.3. The first-order valence-electron chi connectivity index (χ1n) is 9.00. The molecule has 0 aliphatic heterocycles. The van der Waals surface area contributed by atoms with Crippen LogP contribution in [0.1, 0.15) is 18.9 Å². The van der Waals surface area contributed by atoms with E-state index in [4.69, 9.17) is 4.74 Å². The molecule has 30 heavy (non-hydrogen) atoms. The number of hydrogen-bond acceptors (Lipinski definition) is 3. The molecule has 0 aliphatic rings. The fourth-order valence-electron chi connectivity index (χ4n) is 2.62. The third kappa shape index (κ3) is 6.09. The Kier molecular flexibility index (Phi) is 8.46. The molecule has 9 heteroatoms. The number of nitrogens with zero attached hydrogens (tertiary/aromatic N) is 1. The number of halogens is 4. The Balaban J connectivity index is 2.11. The van der Waals surface area contributed by atoms with Crippen LogP contribution in [0.25, 0.3) is 6.08 Å². The van der Waals surface area contributed by atoms with Crippen LogP contribution < -0.4 is 10.1 Å². The zero-order valence-corrected chi connectivity index (χ0v) is 17.9. The molecule has 0 aliphatic carbocycles. The van der Waals surface area contributed by atoms with Gasteiger partial charge in [0.25, 0.3) is 0 Å². The van der Waals surface area contributed by atoms with Gasteiger partial charge >= 0.3 is 0 Å². The van der Waals surface area contributed by atoms with Crippen molar-refractivity contribution in [3.63, 3.8) is 0 Å². The van der Waals surface area contributed by atoms with E-state index in [-0.39, 0.29) is 13.1 Å². The third-order valence-corrected chi connectivity index (χ3v) is 4.54. The topological polar surface area (TPSA) is 58.6 Å². The van der Waals surface area contributed by atoms with Crippen molar-refractivity contribution in [3.8, 4) is 5.75 Å². The molecule has 0 heterocycles. The van der Waals surface area contributed by atoms with E-state index in [1.165, 1.54) is 18.1 Å². The van der Waals surface area contributed by atoms with Crippen molar-refractivity contribution in [2.45, 2.75) is 13.3 Å². The van der Waals surface area contributed by atoms with E-state index in [2.05, 4.69) is 21.2 Å². The van der Waals surface area contributed by atoms with Crippen LogP contribution in [0.2, 0.25) is 0 Å². The van der Waals surface area contributed by atoms with Gasteiger partial charge in [-0.05, 0) is 42.8 Å². The lowest BCUT2D eigenvalue weighted by Crippen LogP contribution is -2.37. The summed E-state index contributed by atoms with van der Waals surface area (Å²) in [4.78, 5) is 26.1. The van der Waals surface area contributed by atoms with Gasteiger partial charge in [-0.25, -0.2) is 13.2 Å². The first-order valence-corrected chi connectivity index (χ1v) is 9.80. The molecule has 0 unspecified atom stereocenters. The molecule has 2 aromatic rings. The van der Waals surface area contributed by atoms with E-state index in [0.29, 0.717) is 23.8 Å². The number of methoxy groups -OCH3 is 1. The van der Waals surface area contributed by atoms with Crippen molar-refractivity contribution < 1.29 is 27.5 Å². The number of benzene rings is 2. The second-order valence-corrected chi connectivity index (χ2v) is 7.17. The first-order chi connectivity index (χ1) is 14.3. The average molecular weight is 485 g/mol. The molecule has 0 radical (unpaired) electrons. The normalized spacial score (nSPS) is 10.9. The summed E-state index contributed by atoms with van der Waals surface area (Å²) in [5, 5.41) is 2.16. The Hall–Kier alpha value is -2.81. The van der Waals surface area contributed by atoms with Crippen LogP contribution in [0.5, 0.6) is 5.75 Å². The maximum atomic E-state index is 13.7. The fourth-order valence-corrected chi connectivity index (χ4v) is 3.00. The van der Waals surface area contributed by atoms with Crippen LogP contribution in [0.15, 0.2) is 40.9 Å². The highest BCUT2D eigenvalue weighted by Gasteiger charge is 2.18. The second-order valence-electron chi connectivity index (χ2n) is 6.25. The minimum atomic E-state index is -1.68. The Morgan fingerprint density at radius 1 is 1.17 bits per heavy atom. The molecular weight excluding hydrogens is 465 g/mol. The molecule has 0 atom stereocenters. The highest BCUT2D eigenvalue weighted by molar-refractivity contribution is 9.10. The van der Waals surface area contributed by atoms with Crippen LogP contribution in [-0.4, -0.2) is 36.9 Å². The maximum absolute atomic E-state index is 13.7. The van der Waals surface area contributed by atoms with Gasteiger partial charge in [0.15, 0.2) is 17.5 Å². The SMILES string of the molecule is CCCN(CC(=O)Nc1ccc(F)c(F)c1F)C(=O)/C=C/c1cc(Br)ccc1OC. The van der Waals surface area contributed by atoms with Gasteiger partial charge in [-0.15, -0.1) is 0 Å². The summed E-state index contributed by atoms with van der Waals surface area (Å²) in [6, 6.07) is 6.92. The van der Waals surface area contributed by atoms with Gasteiger partial charge in [-0.2, -0.15) is 0 Å². The van der Waals surface area contributed by atoms with Crippen molar-refractivity contribution in [2.24, 2.45) is 0 Å². The van der Waals surface area contributed by atoms with Gasteiger partial charge in [-0.3, -0.25) is 9.59 Å². The molecule has 0 fully saturated rings. The number of amides is 2. The lowest BCUT2D eigenvalue weighted by atomic mass is 10.2. The smallest absolute Gasteiger partial charge is 0.247 e. The molecule has 5 nitrogen and oxygen atoms in total. The molecule has 0 spiro atoms. The molecule has 0 saturated heterocycles. The highest BCUT2D eigenvalue weighted by atomic mass is 79.9. The van der Waals surface area contributed by atoms with E-state index in [9.17, 15) is 22.8 Å². The fraction of sp³-hybridized carbons (Fsp3) is 0.238. The van der Waals surface area contributed by atoms with Gasteiger partial charge in [-0.1, -0.05) is 22.9 Å². The Bertz CT molecular complexity index is 967. The molecule has 0 saturated carbocycles. The largest absolute Gasteiger partial charge is 0.496 e. The summed E-state index contributed by atoms with van der Waals surface area (Å²) in [5.74, 6) is -5.16. The summed E-state index contributed by atoms with van der Waals surface area (Å²) in [6.07, 6.45) is 3.43. The Morgan fingerprint density at radius 2 is 1.90 bits per heavy atom. The minimum absolute atomic E-state index is 0.270. The minimum Gasteiger partial charge on any atom is -0.496 e. The van der Waals surface area contributed by atoms with E-state index in [1.54, 1.807) is 24.3 Å².